The SMILES string of the molecule is CCN(CC(C)C#N)c1c(F)cccc1CCl. The number of alkyl halides is 1. The molecule has 0 spiro atoms. The fourth-order valence-electron chi connectivity index (χ4n) is 1.77. The monoisotopic (exact) mass is 254 g/mol. The van der Waals surface area contributed by atoms with Crippen LogP contribution in [-0.4, -0.2) is 13.1 Å². The molecule has 0 radical (unpaired) electrons. The van der Waals surface area contributed by atoms with Crippen LogP contribution in [0.15, 0.2) is 18.2 Å². The Balaban J connectivity index is 3.07. The van der Waals surface area contributed by atoms with Gasteiger partial charge in [0, 0.05) is 19.0 Å². The molecule has 1 atom stereocenters. The lowest BCUT2D eigenvalue weighted by Crippen LogP contribution is -2.29. The van der Waals surface area contributed by atoms with Gasteiger partial charge in [-0.15, -0.1) is 11.6 Å². The topological polar surface area (TPSA) is 27.0 Å². The molecule has 0 saturated carbocycles. The van der Waals surface area contributed by atoms with Gasteiger partial charge in [-0.2, -0.15) is 5.26 Å². The molecule has 4 heteroatoms. The molecule has 0 aliphatic carbocycles. The zero-order valence-corrected chi connectivity index (χ0v) is 10.8. The standard InChI is InChI=1S/C13H16ClFN2/c1-3-17(9-10(2)8-16)13-11(7-14)5-4-6-12(13)15/h4-6,10H,3,7,9H2,1-2H3. The zero-order valence-electron chi connectivity index (χ0n) is 10.1. The van der Waals surface area contributed by atoms with Gasteiger partial charge < -0.3 is 4.90 Å². The first-order valence-corrected chi connectivity index (χ1v) is 6.15. The van der Waals surface area contributed by atoms with E-state index in [9.17, 15) is 4.39 Å². The molecule has 2 nitrogen and oxygen atoms in total. The molecule has 0 aliphatic rings. The van der Waals surface area contributed by atoms with Gasteiger partial charge >= 0.3 is 0 Å². The average molecular weight is 255 g/mol. The molecular weight excluding hydrogens is 239 g/mol. The largest absolute Gasteiger partial charge is 0.368 e. The minimum Gasteiger partial charge on any atom is -0.368 e. The predicted molar refractivity (Wildman–Crippen MR) is 68.6 cm³/mol. The Bertz CT molecular complexity index is 414. The Labute approximate surface area is 107 Å². The second-order valence-electron chi connectivity index (χ2n) is 3.95. The van der Waals surface area contributed by atoms with E-state index < -0.39 is 0 Å². The molecule has 0 bridgehead atoms. The van der Waals surface area contributed by atoms with E-state index in [0.717, 1.165) is 5.56 Å². The summed E-state index contributed by atoms with van der Waals surface area (Å²) in [5, 5.41) is 8.83. The second kappa shape index (κ2) is 6.46. The normalized spacial score (nSPS) is 11.9. The first kappa shape index (κ1) is 13.8. The minimum atomic E-state index is -0.282. The smallest absolute Gasteiger partial charge is 0.146 e. The summed E-state index contributed by atoms with van der Waals surface area (Å²) in [6.07, 6.45) is 0. The quantitative estimate of drug-likeness (QED) is 0.752. The van der Waals surface area contributed by atoms with Crippen LogP contribution in [0.4, 0.5) is 10.1 Å². The molecule has 0 N–H and O–H groups in total. The Morgan fingerprint density at radius 3 is 2.76 bits per heavy atom. The molecule has 0 heterocycles. The summed E-state index contributed by atoms with van der Waals surface area (Å²) in [4.78, 5) is 1.86. The van der Waals surface area contributed by atoms with Gasteiger partial charge in [0.2, 0.25) is 0 Å². The third-order valence-electron chi connectivity index (χ3n) is 2.63. The van der Waals surface area contributed by atoms with E-state index in [4.69, 9.17) is 16.9 Å². The zero-order chi connectivity index (χ0) is 12.8. The summed E-state index contributed by atoms with van der Waals surface area (Å²) in [5.74, 6) is -0.155. The molecule has 1 rings (SSSR count). The van der Waals surface area contributed by atoms with Gasteiger partial charge in [0.05, 0.1) is 17.7 Å². The summed E-state index contributed by atoms with van der Waals surface area (Å²) >= 11 is 5.82. The third-order valence-corrected chi connectivity index (χ3v) is 2.91. The molecule has 92 valence electrons. The number of anilines is 1. The van der Waals surface area contributed by atoms with Crippen LogP contribution >= 0.6 is 11.6 Å². The summed E-state index contributed by atoms with van der Waals surface area (Å²) in [6.45, 7) is 4.92. The number of hydrogen-bond acceptors (Lipinski definition) is 2. The van der Waals surface area contributed by atoms with Crippen molar-refractivity contribution < 1.29 is 4.39 Å². The number of benzene rings is 1. The molecule has 0 amide bonds. The van der Waals surface area contributed by atoms with Crippen LogP contribution in [0.3, 0.4) is 0 Å². The molecule has 0 fully saturated rings. The Morgan fingerprint density at radius 1 is 1.53 bits per heavy atom. The summed E-state index contributed by atoms with van der Waals surface area (Å²) in [7, 11) is 0. The van der Waals surface area contributed by atoms with Crippen LogP contribution in [0.2, 0.25) is 0 Å². The van der Waals surface area contributed by atoms with Gasteiger partial charge in [-0.3, -0.25) is 0 Å². The number of nitrogens with zero attached hydrogens (tertiary/aromatic N) is 2. The van der Waals surface area contributed by atoms with Crippen molar-refractivity contribution in [2.45, 2.75) is 19.7 Å². The maximum Gasteiger partial charge on any atom is 0.146 e. The maximum atomic E-state index is 13.8. The van der Waals surface area contributed by atoms with Gasteiger partial charge in [0.25, 0.3) is 0 Å². The Morgan fingerprint density at radius 2 is 2.24 bits per heavy atom. The fraction of sp³-hybridized carbons (Fsp3) is 0.462. The van der Waals surface area contributed by atoms with E-state index in [2.05, 4.69) is 6.07 Å². The molecule has 0 saturated heterocycles. The molecule has 0 aromatic heterocycles. The number of hydrogen-bond donors (Lipinski definition) is 0. The summed E-state index contributed by atoms with van der Waals surface area (Å²) in [5.41, 5.74) is 1.28. The summed E-state index contributed by atoms with van der Waals surface area (Å²) in [6, 6.07) is 7.04. The lowest BCUT2D eigenvalue weighted by molar-refractivity contribution is 0.605. The van der Waals surface area contributed by atoms with E-state index in [1.165, 1.54) is 6.07 Å². The van der Waals surface area contributed by atoms with Gasteiger partial charge in [-0.1, -0.05) is 12.1 Å². The van der Waals surface area contributed by atoms with Crippen molar-refractivity contribution in [2.24, 2.45) is 5.92 Å². The molecule has 17 heavy (non-hydrogen) atoms. The van der Waals surface area contributed by atoms with Crippen molar-refractivity contribution in [3.63, 3.8) is 0 Å². The van der Waals surface area contributed by atoms with Crippen molar-refractivity contribution in [1.82, 2.24) is 0 Å². The highest BCUT2D eigenvalue weighted by molar-refractivity contribution is 6.17. The lowest BCUT2D eigenvalue weighted by atomic mass is 10.1. The Hall–Kier alpha value is -1.27. The van der Waals surface area contributed by atoms with Crippen LogP contribution in [0, 0.1) is 23.1 Å². The van der Waals surface area contributed by atoms with Gasteiger partial charge in [0.1, 0.15) is 5.82 Å². The van der Waals surface area contributed by atoms with E-state index in [1.54, 1.807) is 6.07 Å². The van der Waals surface area contributed by atoms with Crippen molar-refractivity contribution in [1.29, 1.82) is 5.26 Å². The Kier molecular flexibility index (Phi) is 5.24. The van der Waals surface area contributed by atoms with E-state index in [1.807, 2.05) is 24.8 Å². The van der Waals surface area contributed by atoms with Crippen LogP contribution in [0.25, 0.3) is 0 Å². The van der Waals surface area contributed by atoms with Crippen LogP contribution in [0.1, 0.15) is 19.4 Å². The van der Waals surface area contributed by atoms with Crippen LogP contribution in [0.5, 0.6) is 0 Å². The van der Waals surface area contributed by atoms with Crippen molar-refractivity contribution in [3.05, 3.63) is 29.6 Å². The number of rotatable bonds is 5. The summed E-state index contributed by atoms with van der Waals surface area (Å²) < 4.78 is 13.8. The number of nitriles is 1. The first-order valence-electron chi connectivity index (χ1n) is 5.61. The maximum absolute atomic E-state index is 13.8. The van der Waals surface area contributed by atoms with Crippen molar-refractivity contribution in [2.75, 3.05) is 18.0 Å². The third kappa shape index (κ3) is 3.34. The van der Waals surface area contributed by atoms with Crippen LogP contribution in [-0.2, 0) is 5.88 Å². The van der Waals surface area contributed by atoms with Gasteiger partial charge in [-0.05, 0) is 25.5 Å². The molecule has 1 aromatic rings. The molecule has 1 aromatic carbocycles. The first-order chi connectivity index (χ1) is 8.13. The fourth-order valence-corrected chi connectivity index (χ4v) is 1.99. The highest BCUT2D eigenvalue weighted by atomic mass is 35.5. The minimum absolute atomic E-state index is 0.141. The number of halogens is 2. The number of para-hydroxylation sites is 1. The molecule has 0 aliphatic heterocycles. The average Bonchev–Trinajstić information content (AvgIpc) is 2.35. The molecule has 1 unspecified atom stereocenters. The van der Waals surface area contributed by atoms with E-state index in [0.29, 0.717) is 18.8 Å². The predicted octanol–water partition coefficient (Wildman–Crippen LogP) is 3.55. The van der Waals surface area contributed by atoms with Crippen molar-refractivity contribution >= 4 is 17.3 Å². The lowest BCUT2D eigenvalue weighted by Gasteiger charge is -2.26. The van der Waals surface area contributed by atoms with Gasteiger partial charge in [0.15, 0.2) is 0 Å². The second-order valence-corrected chi connectivity index (χ2v) is 4.22. The van der Waals surface area contributed by atoms with E-state index >= 15 is 0 Å². The van der Waals surface area contributed by atoms with Gasteiger partial charge in [-0.25, -0.2) is 4.39 Å². The van der Waals surface area contributed by atoms with E-state index in [-0.39, 0.29) is 17.6 Å². The highest BCUT2D eigenvalue weighted by Crippen LogP contribution is 2.26. The van der Waals surface area contributed by atoms with Crippen LogP contribution < -0.4 is 4.90 Å². The van der Waals surface area contributed by atoms with Crippen molar-refractivity contribution in [3.8, 4) is 6.07 Å². The highest BCUT2D eigenvalue weighted by Gasteiger charge is 2.16. The molecular formula is C13H16ClFN2.